The maximum atomic E-state index is 2.45. The van der Waals surface area contributed by atoms with Crippen molar-refractivity contribution in [3.8, 4) is 22.5 Å². The third-order valence-electron chi connectivity index (χ3n) is 11.7. The van der Waals surface area contributed by atoms with Gasteiger partial charge in [0.05, 0.1) is 27.8 Å². The zero-order valence-corrected chi connectivity index (χ0v) is 32.3. The van der Waals surface area contributed by atoms with Crippen molar-refractivity contribution >= 4 is 92.2 Å². The van der Waals surface area contributed by atoms with Gasteiger partial charge in [-0.1, -0.05) is 127 Å². The fourth-order valence-corrected chi connectivity index (χ4v) is 10.3. The van der Waals surface area contributed by atoms with E-state index >= 15 is 0 Å². The van der Waals surface area contributed by atoms with Gasteiger partial charge in [0.1, 0.15) is 0 Å². The first-order chi connectivity index (χ1) is 28.8. The SMILES string of the molecule is c1ccc(-n2c3ccccc3c3ccc(N(c4ccc(-c5ccc(-n6c7ccccc7c7ccccc76)cc5)cc4)c4cccc5sc6ccccc6c45)cc32)cc1. The molecule has 0 radical (unpaired) electrons. The van der Waals surface area contributed by atoms with Crippen LogP contribution in [-0.2, 0) is 0 Å². The zero-order valence-electron chi connectivity index (χ0n) is 31.5. The number of fused-ring (bicyclic) bond motifs is 9. The summed E-state index contributed by atoms with van der Waals surface area (Å²) in [5.74, 6) is 0. The number of para-hydroxylation sites is 4. The predicted octanol–water partition coefficient (Wildman–Crippen LogP) is 15.4. The van der Waals surface area contributed by atoms with Gasteiger partial charge in [-0.25, -0.2) is 0 Å². The van der Waals surface area contributed by atoms with E-state index in [0.717, 1.165) is 22.7 Å². The van der Waals surface area contributed by atoms with Gasteiger partial charge in [0, 0.05) is 64.5 Å². The maximum absolute atomic E-state index is 2.45. The molecule has 9 aromatic carbocycles. The third kappa shape index (κ3) is 5.05. The average Bonchev–Trinajstić information content (AvgIpc) is 3.95. The molecule has 3 aromatic heterocycles. The molecule has 0 atom stereocenters. The summed E-state index contributed by atoms with van der Waals surface area (Å²) in [6.07, 6.45) is 0. The Hall–Kier alpha value is -7.40. The van der Waals surface area contributed by atoms with Crippen LogP contribution in [0, 0.1) is 0 Å². The smallest absolute Gasteiger partial charge is 0.0561 e. The van der Waals surface area contributed by atoms with Crippen LogP contribution in [0.2, 0.25) is 0 Å². The van der Waals surface area contributed by atoms with Crippen LogP contribution in [-0.4, -0.2) is 9.13 Å². The molecule has 0 fully saturated rings. The Bertz CT molecular complexity index is 3440. The molecular formula is C54H35N3S. The minimum Gasteiger partial charge on any atom is -0.310 e. The minimum absolute atomic E-state index is 1.11. The molecule has 0 saturated carbocycles. The molecule has 3 heterocycles. The summed E-state index contributed by atoms with van der Waals surface area (Å²) in [4.78, 5) is 2.45. The molecule has 0 amide bonds. The van der Waals surface area contributed by atoms with Crippen LogP contribution in [0.5, 0.6) is 0 Å². The van der Waals surface area contributed by atoms with Crippen LogP contribution in [0.1, 0.15) is 0 Å². The molecule has 3 nitrogen and oxygen atoms in total. The highest BCUT2D eigenvalue weighted by atomic mass is 32.1. The monoisotopic (exact) mass is 757 g/mol. The van der Waals surface area contributed by atoms with Crippen LogP contribution < -0.4 is 4.90 Å². The standard InChI is InChI=1S/C54H35N3S/c1-2-13-38(14-3-1)57-49-21-10-6-17-44(49)45-34-33-41(35-51(45)57)55(50-22-12-24-53-54(50)46-18-7-11-23-52(46)58-53)39-29-25-36(26-30-39)37-27-31-40(32-28-37)56-47-19-8-4-15-42(47)43-16-5-9-20-48(43)56/h1-35H. The van der Waals surface area contributed by atoms with Crippen molar-refractivity contribution in [2.24, 2.45) is 0 Å². The van der Waals surface area contributed by atoms with Crippen LogP contribution >= 0.6 is 11.3 Å². The second-order valence-corrected chi connectivity index (χ2v) is 16.0. The summed E-state index contributed by atoms with van der Waals surface area (Å²) < 4.78 is 7.35. The van der Waals surface area contributed by atoms with Gasteiger partial charge in [-0.3, -0.25) is 0 Å². The lowest BCUT2D eigenvalue weighted by Gasteiger charge is -2.27. The van der Waals surface area contributed by atoms with Crippen molar-refractivity contribution in [2.45, 2.75) is 0 Å². The van der Waals surface area contributed by atoms with Crippen molar-refractivity contribution in [1.82, 2.24) is 9.13 Å². The van der Waals surface area contributed by atoms with E-state index in [1.54, 1.807) is 0 Å². The third-order valence-corrected chi connectivity index (χ3v) is 12.9. The van der Waals surface area contributed by atoms with Gasteiger partial charge in [0.15, 0.2) is 0 Å². The van der Waals surface area contributed by atoms with E-state index in [4.69, 9.17) is 0 Å². The molecule has 0 N–H and O–H groups in total. The largest absolute Gasteiger partial charge is 0.310 e. The van der Waals surface area contributed by atoms with E-state index < -0.39 is 0 Å². The molecule has 12 aromatic rings. The highest BCUT2D eigenvalue weighted by molar-refractivity contribution is 7.26. The second-order valence-electron chi connectivity index (χ2n) is 14.9. The number of rotatable bonds is 6. The summed E-state index contributed by atoms with van der Waals surface area (Å²) in [5.41, 5.74) is 12.9. The van der Waals surface area contributed by atoms with Gasteiger partial charge in [0.2, 0.25) is 0 Å². The molecule has 0 aliphatic heterocycles. The summed E-state index contributed by atoms with van der Waals surface area (Å²) in [7, 11) is 0. The first-order valence-corrected chi connectivity index (χ1v) is 20.6. The molecular weight excluding hydrogens is 723 g/mol. The number of anilines is 3. The molecule has 0 saturated heterocycles. The fourth-order valence-electron chi connectivity index (χ4n) is 9.13. The van der Waals surface area contributed by atoms with Gasteiger partial charge >= 0.3 is 0 Å². The number of benzene rings is 9. The van der Waals surface area contributed by atoms with Gasteiger partial charge in [-0.2, -0.15) is 0 Å². The summed E-state index contributed by atoms with van der Waals surface area (Å²) >= 11 is 1.86. The first kappa shape index (κ1) is 32.8. The topological polar surface area (TPSA) is 13.1 Å². The average molecular weight is 758 g/mol. The van der Waals surface area contributed by atoms with Crippen LogP contribution in [0.15, 0.2) is 212 Å². The Morgan fingerprint density at radius 2 is 0.810 bits per heavy atom. The summed E-state index contributed by atoms with van der Waals surface area (Å²) in [5, 5.41) is 7.59. The van der Waals surface area contributed by atoms with Gasteiger partial charge in [-0.05, 0) is 96.1 Å². The molecule has 0 bridgehead atoms. The Morgan fingerprint density at radius 1 is 0.328 bits per heavy atom. The Kier molecular flexibility index (Phi) is 7.40. The number of hydrogen-bond acceptors (Lipinski definition) is 2. The molecule has 58 heavy (non-hydrogen) atoms. The van der Waals surface area contributed by atoms with Crippen LogP contribution in [0.25, 0.3) is 86.3 Å². The van der Waals surface area contributed by atoms with E-state index in [9.17, 15) is 0 Å². The normalized spacial score (nSPS) is 11.8. The quantitative estimate of drug-likeness (QED) is 0.165. The zero-order chi connectivity index (χ0) is 38.2. The fraction of sp³-hybridized carbons (Fsp3) is 0. The number of thiophene rings is 1. The van der Waals surface area contributed by atoms with E-state index in [2.05, 4.69) is 226 Å². The van der Waals surface area contributed by atoms with Gasteiger partial charge in [0.25, 0.3) is 0 Å². The molecule has 0 unspecified atom stereocenters. The van der Waals surface area contributed by atoms with Gasteiger partial charge in [-0.15, -0.1) is 11.3 Å². The van der Waals surface area contributed by atoms with E-state index in [0.29, 0.717) is 0 Å². The number of aromatic nitrogens is 2. The Labute approximate surface area is 339 Å². The predicted molar refractivity (Wildman–Crippen MR) is 248 cm³/mol. The lowest BCUT2D eigenvalue weighted by atomic mass is 10.0. The lowest BCUT2D eigenvalue weighted by Crippen LogP contribution is -2.10. The Balaban J connectivity index is 1.01. The highest BCUT2D eigenvalue weighted by Crippen LogP contribution is 2.46. The molecule has 4 heteroatoms. The molecule has 12 rings (SSSR count). The first-order valence-electron chi connectivity index (χ1n) is 19.8. The molecule has 272 valence electrons. The molecule has 0 aliphatic rings. The summed E-state index contributed by atoms with van der Waals surface area (Å²) in [6, 6.07) is 77.4. The van der Waals surface area contributed by atoms with Crippen molar-refractivity contribution in [1.29, 1.82) is 0 Å². The summed E-state index contributed by atoms with van der Waals surface area (Å²) in [6.45, 7) is 0. The van der Waals surface area contributed by atoms with E-state index in [1.807, 2.05) is 11.3 Å². The van der Waals surface area contributed by atoms with Gasteiger partial charge < -0.3 is 14.0 Å². The van der Waals surface area contributed by atoms with Crippen LogP contribution in [0.3, 0.4) is 0 Å². The lowest BCUT2D eigenvalue weighted by molar-refractivity contribution is 1.18. The Morgan fingerprint density at radius 3 is 1.47 bits per heavy atom. The van der Waals surface area contributed by atoms with Crippen molar-refractivity contribution in [3.05, 3.63) is 212 Å². The van der Waals surface area contributed by atoms with Crippen molar-refractivity contribution in [3.63, 3.8) is 0 Å². The number of nitrogens with zero attached hydrogens (tertiary/aromatic N) is 3. The second kappa shape index (κ2) is 13.1. The van der Waals surface area contributed by atoms with E-state index in [1.165, 1.54) is 80.6 Å². The van der Waals surface area contributed by atoms with Crippen molar-refractivity contribution < 1.29 is 0 Å². The highest BCUT2D eigenvalue weighted by Gasteiger charge is 2.21. The maximum Gasteiger partial charge on any atom is 0.0561 e. The van der Waals surface area contributed by atoms with E-state index in [-0.39, 0.29) is 0 Å². The van der Waals surface area contributed by atoms with Crippen LogP contribution in [0.4, 0.5) is 17.1 Å². The molecule has 0 spiro atoms. The van der Waals surface area contributed by atoms with Crippen molar-refractivity contribution in [2.75, 3.05) is 4.90 Å². The molecule has 0 aliphatic carbocycles. The minimum atomic E-state index is 1.11. The number of hydrogen-bond donors (Lipinski definition) is 0.